The summed E-state index contributed by atoms with van der Waals surface area (Å²) in [4.78, 5) is 4.16. The highest BCUT2D eigenvalue weighted by Crippen LogP contribution is 2.26. The molecule has 2 rings (SSSR count). The first-order chi connectivity index (χ1) is 9.22. The van der Waals surface area contributed by atoms with Crippen LogP contribution in [0.1, 0.15) is 24.1 Å². The van der Waals surface area contributed by atoms with Crippen molar-refractivity contribution < 1.29 is 14.3 Å². The zero-order valence-electron chi connectivity index (χ0n) is 11.1. The second kappa shape index (κ2) is 6.24. The molecule has 0 unspecified atom stereocenters. The van der Waals surface area contributed by atoms with Gasteiger partial charge >= 0.3 is 0 Å². The van der Waals surface area contributed by atoms with E-state index in [0.717, 1.165) is 17.7 Å². The molecule has 0 radical (unpaired) electrons. The summed E-state index contributed by atoms with van der Waals surface area (Å²) in [5.74, 6) is 2.18. The monoisotopic (exact) mass is 262 g/mol. The highest BCUT2D eigenvalue weighted by molar-refractivity contribution is 5.41. The van der Waals surface area contributed by atoms with Crippen LogP contribution in [0.15, 0.2) is 28.8 Å². The molecule has 1 heterocycles. The molecule has 2 N–H and O–H groups in total. The zero-order valence-corrected chi connectivity index (χ0v) is 11.1. The van der Waals surface area contributed by atoms with Crippen LogP contribution < -0.4 is 10.1 Å². The van der Waals surface area contributed by atoms with Crippen molar-refractivity contribution in [2.45, 2.75) is 26.4 Å². The van der Waals surface area contributed by atoms with Gasteiger partial charge in [0.25, 0.3) is 0 Å². The van der Waals surface area contributed by atoms with Gasteiger partial charge in [0.2, 0.25) is 5.89 Å². The molecular weight excluding hydrogens is 244 g/mol. The molecule has 1 aromatic carbocycles. The number of nitrogens with zero attached hydrogens (tertiary/aromatic N) is 1. The third-order valence-corrected chi connectivity index (χ3v) is 2.80. The Morgan fingerprint density at radius 1 is 1.37 bits per heavy atom. The minimum atomic E-state index is 0.145. The van der Waals surface area contributed by atoms with Crippen molar-refractivity contribution in [3.63, 3.8) is 0 Å². The highest BCUT2D eigenvalue weighted by Gasteiger charge is 2.04. The predicted molar refractivity (Wildman–Crippen MR) is 71.1 cm³/mol. The van der Waals surface area contributed by atoms with Gasteiger partial charge in [-0.15, -0.1) is 0 Å². The molecule has 0 spiro atoms. The minimum absolute atomic E-state index is 0.145. The second-order valence-electron chi connectivity index (χ2n) is 4.18. The Morgan fingerprint density at radius 2 is 2.21 bits per heavy atom. The Balaban J connectivity index is 1.87. The number of hydrogen-bond donors (Lipinski definition) is 2. The average Bonchev–Trinajstić information content (AvgIpc) is 2.87. The van der Waals surface area contributed by atoms with E-state index in [9.17, 15) is 5.11 Å². The third kappa shape index (κ3) is 3.48. The maximum absolute atomic E-state index is 9.66. The van der Waals surface area contributed by atoms with E-state index < -0.39 is 0 Å². The van der Waals surface area contributed by atoms with Gasteiger partial charge in [0.05, 0.1) is 19.9 Å². The number of aromatic nitrogens is 1. The minimum Gasteiger partial charge on any atom is -0.504 e. The van der Waals surface area contributed by atoms with Crippen LogP contribution in [0.5, 0.6) is 11.5 Å². The van der Waals surface area contributed by atoms with Crippen molar-refractivity contribution in [2.24, 2.45) is 0 Å². The molecule has 0 saturated carbocycles. The lowest BCUT2D eigenvalue weighted by atomic mass is 10.2. The molecule has 0 bridgehead atoms. The number of nitrogens with one attached hydrogen (secondary N) is 1. The topological polar surface area (TPSA) is 67.5 Å². The van der Waals surface area contributed by atoms with Crippen LogP contribution in [0, 0.1) is 0 Å². The van der Waals surface area contributed by atoms with Crippen molar-refractivity contribution in [2.75, 3.05) is 7.11 Å². The predicted octanol–water partition coefficient (Wildman–Crippen LogP) is 2.24. The highest BCUT2D eigenvalue weighted by atomic mass is 16.5. The molecule has 0 aliphatic carbocycles. The Morgan fingerprint density at radius 3 is 2.84 bits per heavy atom. The van der Waals surface area contributed by atoms with Gasteiger partial charge in [-0.1, -0.05) is 13.0 Å². The Hall–Kier alpha value is -2.01. The summed E-state index contributed by atoms with van der Waals surface area (Å²) in [6.45, 7) is 3.21. The van der Waals surface area contributed by atoms with E-state index in [2.05, 4.69) is 10.3 Å². The molecular formula is C14H18N2O3. The van der Waals surface area contributed by atoms with Crippen LogP contribution in [0.4, 0.5) is 0 Å². The molecule has 102 valence electrons. The molecule has 0 amide bonds. The van der Waals surface area contributed by atoms with Crippen LogP contribution in [-0.2, 0) is 19.5 Å². The van der Waals surface area contributed by atoms with E-state index in [-0.39, 0.29) is 5.75 Å². The van der Waals surface area contributed by atoms with Crippen LogP contribution in [-0.4, -0.2) is 17.2 Å². The first-order valence-electron chi connectivity index (χ1n) is 6.23. The van der Waals surface area contributed by atoms with Gasteiger partial charge < -0.3 is 19.6 Å². The van der Waals surface area contributed by atoms with Crippen LogP contribution in [0.2, 0.25) is 0 Å². The number of phenolic OH excluding ortho intramolecular Hbond substituents is 1. The number of oxazole rings is 1. The van der Waals surface area contributed by atoms with Crippen LogP contribution >= 0.6 is 0 Å². The Kier molecular flexibility index (Phi) is 4.41. The molecule has 1 aromatic heterocycles. The van der Waals surface area contributed by atoms with Gasteiger partial charge in [-0.05, 0) is 17.7 Å². The summed E-state index contributed by atoms with van der Waals surface area (Å²) in [5, 5.41) is 12.9. The lowest BCUT2D eigenvalue weighted by molar-refractivity contribution is 0.373. The molecule has 0 aliphatic heterocycles. The lowest BCUT2D eigenvalue weighted by Crippen LogP contribution is -2.12. The van der Waals surface area contributed by atoms with Gasteiger partial charge in [0, 0.05) is 13.0 Å². The van der Waals surface area contributed by atoms with Crippen molar-refractivity contribution in [1.82, 2.24) is 10.3 Å². The van der Waals surface area contributed by atoms with E-state index in [1.807, 2.05) is 13.0 Å². The SMILES string of the molecule is CCc1cnc(CNCc2ccc(OC)c(O)c2)o1. The van der Waals surface area contributed by atoms with Gasteiger partial charge in [-0.2, -0.15) is 0 Å². The normalized spacial score (nSPS) is 10.6. The molecule has 19 heavy (non-hydrogen) atoms. The summed E-state index contributed by atoms with van der Waals surface area (Å²) in [5.41, 5.74) is 0.973. The summed E-state index contributed by atoms with van der Waals surface area (Å²) in [6.07, 6.45) is 2.59. The number of rotatable bonds is 6. The fraction of sp³-hybridized carbons (Fsp3) is 0.357. The van der Waals surface area contributed by atoms with Crippen molar-refractivity contribution in [3.8, 4) is 11.5 Å². The fourth-order valence-corrected chi connectivity index (χ4v) is 1.75. The van der Waals surface area contributed by atoms with Crippen LogP contribution in [0.25, 0.3) is 0 Å². The summed E-state index contributed by atoms with van der Waals surface area (Å²) >= 11 is 0. The number of aryl methyl sites for hydroxylation is 1. The Labute approximate surface area is 112 Å². The maximum Gasteiger partial charge on any atom is 0.208 e. The number of phenols is 1. The molecule has 5 nitrogen and oxygen atoms in total. The molecule has 0 aliphatic rings. The smallest absolute Gasteiger partial charge is 0.208 e. The van der Waals surface area contributed by atoms with Crippen LogP contribution in [0.3, 0.4) is 0 Å². The van der Waals surface area contributed by atoms with Gasteiger partial charge in [0.15, 0.2) is 11.5 Å². The first-order valence-corrected chi connectivity index (χ1v) is 6.23. The van der Waals surface area contributed by atoms with Gasteiger partial charge in [-0.3, -0.25) is 0 Å². The van der Waals surface area contributed by atoms with E-state index in [4.69, 9.17) is 9.15 Å². The lowest BCUT2D eigenvalue weighted by Gasteiger charge is -2.06. The van der Waals surface area contributed by atoms with E-state index in [0.29, 0.717) is 24.7 Å². The molecule has 0 fully saturated rings. The zero-order chi connectivity index (χ0) is 13.7. The summed E-state index contributed by atoms with van der Waals surface area (Å²) < 4.78 is 10.5. The molecule has 0 atom stereocenters. The largest absolute Gasteiger partial charge is 0.504 e. The number of methoxy groups -OCH3 is 1. The van der Waals surface area contributed by atoms with E-state index in [1.54, 1.807) is 18.3 Å². The van der Waals surface area contributed by atoms with Gasteiger partial charge in [-0.25, -0.2) is 4.98 Å². The van der Waals surface area contributed by atoms with Crippen molar-refractivity contribution in [1.29, 1.82) is 0 Å². The quantitative estimate of drug-likeness (QED) is 0.835. The number of benzene rings is 1. The molecule has 2 aromatic rings. The summed E-state index contributed by atoms with van der Waals surface area (Å²) in [6, 6.07) is 5.32. The standard InChI is InChI=1S/C14H18N2O3/c1-3-11-8-16-14(19-11)9-15-7-10-4-5-13(18-2)12(17)6-10/h4-6,8,15,17H,3,7,9H2,1-2H3. The third-order valence-electron chi connectivity index (χ3n) is 2.80. The molecule has 5 heteroatoms. The second-order valence-corrected chi connectivity index (χ2v) is 4.18. The maximum atomic E-state index is 9.66. The number of aromatic hydroxyl groups is 1. The Bertz CT molecular complexity index is 537. The van der Waals surface area contributed by atoms with E-state index in [1.165, 1.54) is 7.11 Å². The number of ether oxygens (including phenoxy) is 1. The molecule has 0 saturated heterocycles. The van der Waals surface area contributed by atoms with Gasteiger partial charge in [0.1, 0.15) is 5.76 Å². The first kappa shape index (κ1) is 13.4. The van der Waals surface area contributed by atoms with E-state index >= 15 is 0 Å². The fourth-order valence-electron chi connectivity index (χ4n) is 1.75. The number of hydrogen-bond acceptors (Lipinski definition) is 5. The van der Waals surface area contributed by atoms with Crippen molar-refractivity contribution in [3.05, 3.63) is 41.6 Å². The van der Waals surface area contributed by atoms with Crippen molar-refractivity contribution >= 4 is 0 Å². The summed E-state index contributed by atoms with van der Waals surface area (Å²) in [7, 11) is 1.53. The average molecular weight is 262 g/mol.